The molecule has 2 atom stereocenters. The Kier molecular flexibility index (Phi) is 5.35. The second-order valence-corrected chi connectivity index (χ2v) is 8.43. The quantitative estimate of drug-likeness (QED) is 0.756. The van der Waals surface area contributed by atoms with Gasteiger partial charge in [0, 0.05) is 21.7 Å². The van der Waals surface area contributed by atoms with Gasteiger partial charge in [-0.2, -0.15) is 0 Å². The van der Waals surface area contributed by atoms with Crippen molar-refractivity contribution < 1.29 is 9.59 Å². The fourth-order valence-electron chi connectivity index (χ4n) is 4.69. The van der Waals surface area contributed by atoms with E-state index in [4.69, 9.17) is 28.9 Å². The average Bonchev–Trinajstić information content (AvgIpc) is 2.68. The van der Waals surface area contributed by atoms with Crippen LogP contribution in [-0.4, -0.2) is 22.8 Å². The van der Waals surface area contributed by atoms with E-state index in [2.05, 4.69) is 0 Å². The molecule has 1 heterocycles. The van der Waals surface area contributed by atoms with Crippen LogP contribution in [0.1, 0.15) is 65.5 Å². The summed E-state index contributed by atoms with van der Waals surface area (Å²) in [5, 5.41) is 0.952. The van der Waals surface area contributed by atoms with Crippen molar-refractivity contribution in [3.8, 4) is 0 Å². The van der Waals surface area contributed by atoms with Gasteiger partial charge in [0.05, 0.1) is 12.0 Å². The zero-order chi connectivity index (χ0) is 19.8. The van der Waals surface area contributed by atoms with Crippen LogP contribution in [0.2, 0.25) is 10.0 Å². The Hall–Kier alpha value is -2.04. The van der Waals surface area contributed by atoms with E-state index >= 15 is 0 Å². The molecule has 1 fully saturated rings. The molecule has 2 aromatic carbocycles. The van der Waals surface area contributed by atoms with Crippen LogP contribution in [0.4, 0.5) is 0 Å². The zero-order valence-electron chi connectivity index (χ0n) is 15.4. The van der Waals surface area contributed by atoms with Crippen molar-refractivity contribution in [1.29, 1.82) is 0 Å². The molecule has 2 amide bonds. The molecular weight excluding hydrogens is 395 g/mol. The van der Waals surface area contributed by atoms with Crippen LogP contribution < -0.4 is 5.73 Å². The summed E-state index contributed by atoms with van der Waals surface area (Å²) in [4.78, 5) is 28.0. The van der Waals surface area contributed by atoms with Crippen LogP contribution in [0.3, 0.4) is 0 Å². The van der Waals surface area contributed by atoms with Gasteiger partial charge < -0.3 is 10.6 Å². The molecule has 6 heteroatoms. The van der Waals surface area contributed by atoms with Gasteiger partial charge in [0.1, 0.15) is 0 Å². The molecule has 0 radical (unpaired) electrons. The lowest BCUT2D eigenvalue weighted by Crippen LogP contribution is -2.51. The summed E-state index contributed by atoms with van der Waals surface area (Å²) in [6.07, 6.45) is 5.14. The standard InChI is InChI=1S/C22H22Cl2N2O2/c23-13-10-11-17(18(24)12-13)20-19(21(25)27)15-8-4-5-9-16(15)22(28)26(20)14-6-2-1-3-7-14/h4-5,8-12,14,19-20H,1-3,6-7H2,(H2,25,27). The Bertz CT molecular complexity index is 925. The fourth-order valence-corrected chi connectivity index (χ4v) is 5.21. The van der Waals surface area contributed by atoms with Crippen molar-refractivity contribution in [2.45, 2.75) is 50.1 Å². The molecule has 28 heavy (non-hydrogen) atoms. The van der Waals surface area contributed by atoms with Crippen molar-refractivity contribution in [1.82, 2.24) is 4.90 Å². The third kappa shape index (κ3) is 3.29. The number of halogens is 2. The van der Waals surface area contributed by atoms with Crippen LogP contribution >= 0.6 is 23.2 Å². The van der Waals surface area contributed by atoms with Gasteiger partial charge in [-0.1, -0.05) is 66.7 Å². The Labute approximate surface area is 174 Å². The lowest BCUT2D eigenvalue weighted by atomic mass is 9.77. The highest BCUT2D eigenvalue weighted by Gasteiger charge is 2.46. The van der Waals surface area contributed by atoms with Gasteiger partial charge in [0.15, 0.2) is 0 Å². The van der Waals surface area contributed by atoms with E-state index in [0.717, 1.165) is 25.7 Å². The highest BCUT2D eigenvalue weighted by atomic mass is 35.5. The molecular formula is C22H22Cl2N2O2. The van der Waals surface area contributed by atoms with Crippen molar-refractivity contribution in [2.75, 3.05) is 0 Å². The Balaban J connectivity index is 1.93. The monoisotopic (exact) mass is 416 g/mol. The van der Waals surface area contributed by atoms with E-state index < -0.39 is 17.9 Å². The summed E-state index contributed by atoms with van der Waals surface area (Å²) in [7, 11) is 0. The third-order valence-electron chi connectivity index (χ3n) is 5.93. The number of nitrogens with two attached hydrogens (primary N) is 1. The van der Waals surface area contributed by atoms with E-state index in [-0.39, 0.29) is 11.9 Å². The molecule has 2 unspecified atom stereocenters. The molecule has 4 rings (SSSR count). The van der Waals surface area contributed by atoms with Gasteiger partial charge in [-0.05, 0) is 42.2 Å². The number of hydrogen-bond acceptors (Lipinski definition) is 2. The number of fused-ring (bicyclic) bond motifs is 1. The van der Waals surface area contributed by atoms with Gasteiger partial charge in [0.2, 0.25) is 5.91 Å². The van der Waals surface area contributed by atoms with Crippen molar-refractivity contribution in [2.24, 2.45) is 5.73 Å². The van der Waals surface area contributed by atoms with Crippen molar-refractivity contribution >= 4 is 35.0 Å². The van der Waals surface area contributed by atoms with E-state index in [1.54, 1.807) is 18.2 Å². The maximum atomic E-state index is 13.6. The number of carbonyl (C=O) groups is 2. The Morgan fingerprint density at radius 3 is 2.39 bits per heavy atom. The number of primary amides is 1. The topological polar surface area (TPSA) is 63.4 Å². The number of amides is 2. The normalized spacial score (nSPS) is 22.8. The van der Waals surface area contributed by atoms with Gasteiger partial charge >= 0.3 is 0 Å². The van der Waals surface area contributed by atoms with Crippen LogP contribution in [0.25, 0.3) is 0 Å². The molecule has 1 saturated carbocycles. The highest BCUT2D eigenvalue weighted by molar-refractivity contribution is 6.35. The lowest BCUT2D eigenvalue weighted by molar-refractivity contribution is -0.121. The molecule has 4 nitrogen and oxygen atoms in total. The fraction of sp³-hybridized carbons (Fsp3) is 0.364. The molecule has 2 N–H and O–H groups in total. The number of hydrogen-bond donors (Lipinski definition) is 1. The molecule has 0 saturated heterocycles. The largest absolute Gasteiger partial charge is 0.369 e. The molecule has 1 aliphatic heterocycles. The third-order valence-corrected chi connectivity index (χ3v) is 6.49. The number of carbonyl (C=O) groups excluding carboxylic acids is 2. The number of nitrogens with zero attached hydrogens (tertiary/aromatic N) is 1. The van der Waals surface area contributed by atoms with Gasteiger partial charge in [-0.25, -0.2) is 0 Å². The minimum absolute atomic E-state index is 0.0592. The SMILES string of the molecule is NC(=O)C1c2ccccc2C(=O)N(C2CCCCC2)C1c1ccc(Cl)cc1Cl. The van der Waals surface area contributed by atoms with Crippen LogP contribution in [0.5, 0.6) is 0 Å². The molecule has 0 aromatic heterocycles. The predicted octanol–water partition coefficient (Wildman–Crippen LogP) is 5.09. The van der Waals surface area contributed by atoms with Crippen molar-refractivity contribution in [3.05, 3.63) is 69.2 Å². The summed E-state index contributed by atoms with van der Waals surface area (Å²) < 4.78 is 0. The minimum atomic E-state index is -0.658. The second kappa shape index (κ2) is 7.76. The first-order chi connectivity index (χ1) is 13.5. The van der Waals surface area contributed by atoms with Crippen LogP contribution in [0, 0.1) is 0 Å². The second-order valence-electron chi connectivity index (χ2n) is 7.58. The molecule has 0 bridgehead atoms. The highest BCUT2D eigenvalue weighted by Crippen LogP contribution is 2.47. The van der Waals surface area contributed by atoms with Gasteiger partial charge in [-0.15, -0.1) is 0 Å². The maximum Gasteiger partial charge on any atom is 0.254 e. The average molecular weight is 417 g/mol. The first-order valence-corrected chi connectivity index (χ1v) is 10.4. The summed E-state index contributed by atoms with van der Waals surface area (Å²) in [5.74, 6) is -1.18. The molecule has 146 valence electrons. The molecule has 1 aliphatic carbocycles. The van der Waals surface area contributed by atoms with Gasteiger partial charge in [-0.3, -0.25) is 9.59 Å². The molecule has 2 aliphatic rings. The van der Waals surface area contributed by atoms with Crippen molar-refractivity contribution in [3.63, 3.8) is 0 Å². The summed E-state index contributed by atoms with van der Waals surface area (Å²) in [5.41, 5.74) is 7.82. The van der Waals surface area contributed by atoms with E-state index in [0.29, 0.717) is 26.7 Å². The number of benzene rings is 2. The van der Waals surface area contributed by atoms with E-state index in [9.17, 15) is 9.59 Å². The Morgan fingerprint density at radius 2 is 1.71 bits per heavy atom. The molecule has 2 aromatic rings. The predicted molar refractivity (Wildman–Crippen MR) is 111 cm³/mol. The Morgan fingerprint density at radius 1 is 1.00 bits per heavy atom. The summed E-state index contributed by atoms with van der Waals surface area (Å²) >= 11 is 12.6. The first kappa shape index (κ1) is 19.3. The first-order valence-electron chi connectivity index (χ1n) is 9.65. The number of rotatable bonds is 3. The maximum absolute atomic E-state index is 13.6. The minimum Gasteiger partial charge on any atom is -0.369 e. The lowest BCUT2D eigenvalue weighted by Gasteiger charge is -2.46. The van der Waals surface area contributed by atoms with Crippen LogP contribution in [0.15, 0.2) is 42.5 Å². The summed E-state index contributed by atoms with van der Waals surface area (Å²) in [6, 6.07) is 12.0. The smallest absolute Gasteiger partial charge is 0.254 e. The molecule has 0 spiro atoms. The summed E-state index contributed by atoms with van der Waals surface area (Å²) in [6.45, 7) is 0. The van der Waals surface area contributed by atoms with Gasteiger partial charge in [0.25, 0.3) is 5.91 Å². The van der Waals surface area contributed by atoms with Crippen LogP contribution in [-0.2, 0) is 4.79 Å². The van der Waals surface area contributed by atoms with E-state index in [1.807, 2.05) is 29.2 Å². The van der Waals surface area contributed by atoms with E-state index in [1.165, 1.54) is 6.42 Å². The zero-order valence-corrected chi connectivity index (χ0v) is 16.9.